The van der Waals surface area contributed by atoms with E-state index in [0.29, 0.717) is 17.5 Å². The van der Waals surface area contributed by atoms with Gasteiger partial charge in [0.2, 0.25) is 0 Å². The van der Waals surface area contributed by atoms with E-state index >= 15 is 0 Å². The second kappa shape index (κ2) is 15.5. The van der Waals surface area contributed by atoms with Crippen molar-refractivity contribution < 1.29 is 0 Å². The van der Waals surface area contributed by atoms with Crippen LogP contribution in [0.2, 0.25) is 0 Å². The Morgan fingerprint density at radius 2 is 0.683 bits per heavy atom. The SMILES string of the molecule is c1ccc(-c2ccc(-c3nc(-c4ccc(-c5ccccc5)cc4)nc(-c4cccc(-c5cc6c(-c7ccccc7)c7sccc7c(-c7ccccc7)c6s5)c4)n3)cc2)cc1. The first kappa shape index (κ1) is 35.8. The second-order valence-electron chi connectivity index (χ2n) is 14.8. The molecular formula is C55H35N3S2. The lowest BCUT2D eigenvalue weighted by Crippen LogP contribution is -2.00. The zero-order valence-corrected chi connectivity index (χ0v) is 34.0. The summed E-state index contributed by atoms with van der Waals surface area (Å²) in [7, 11) is 0. The van der Waals surface area contributed by atoms with E-state index in [1.54, 1.807) is 0 Å². The summed E-state index contributed by atoms with van der Waals surface area (Å²) in [6, 6.07) is 72.8. The van der Waals surface area contributed by atoms with E-state index < -0.39 is 0 Å². The fourth-order valence-corrected chi connectivity index (χ4v) is 10.3. The molecule has 0 saturated carbocycles. The van der Waals surface area contributed by atoms with Gasteiger partial charge < -0.3 is 0 Å². The lowest BCUT2D eigenvalue weighted by Gasteiger charge is -2.12. The summed E-state index contributed by atoms with van der Waals surface area (Å²) in [5.41, 5.74) is 13.6. The third kappa shape index (κ3) is 6.70. The van der Waals surface area contributed by atoms with Crippen molar-refractivity contribution >= 4 is 42.8 Å². The molecule has 0 unspecified atom stereocenters. The van der Waals surface area contributed by atoms with Crippen LogP contribution >= 0.6 is 22.7 Å². The first-order valence-corrected chi connectivity index (χ1v) is 21.7. The standard InChI is InChI=1S/C55H35N3S2/c1-5-14-36(15-6-1)38-24-28-42(29-25-38)53-56-54(43-30-26-39(27-31-43)37-16-7-2-8-17-37)58-55(57-53)45-23-13-22-44(34-45)48-35-47-50(41-20-11-4-12-21-41)51-46(32-33-59-51)49(52(47)60-48)40-18-9-3-10-19-40/h1-35H. The summed E-state index contributed by atoms with van der Waals surface area (Å²) >= 11 is 3.67. The molecule has 60 heavy (non-hydrogen) atoms. The van der Waals surface area contributed by atoms with Crippen LogP contribution in [0.15, 0.2) is 212 Å². The Morgan fingerprint density at radius 1 is 0.283 bits per heavy atom. The summed E-state index contributed by atoms with van der Waals surface area (Å²) < 4.78 is 2.60. The Balaban J connectivity index is 1.05. The summed E-state index contributed by atoms with van der Waals surface area (Å²) in [6.45, 7) is 0. The van der Waals surface area contributed by atoms with E-state index in [2.05, 4.69) is 200 Å². The Labute approximate surface area is 356 Å². The molecule has 0 amide bonds. The fourth-order valence-electron chi connectivity index (χ4n) is 8.09. The van der Waals surface area contributed by atoms with Gasteiger partial charge in [-0.3, -0.25) is 0 Å². The molecule has 0 radical (unpaired) electrons. The van der Waals surface area contributed by atoms with Gasteiger partial charge in [-0.2, -0.15) is 0 Å². The van der Waals surface area contributed by atoms with E-state index in [4.69, 9.17) is 15.0 Å². The highest BCUT2D eigenvalue weighted by atomic mass is 32.1. The minimum Gasteiger partial charge on any atom is -0.208 e. The van der Waals surface area contributed by atoms with Crippen molar-refractivity contribution in [3.05, 3.63) is 212 Å². The predicted octanol–water partition coefficient (Wildman–Crippen LogP) is 15.6. The monoisotopic (exact) mass is 801 g/mol. The van der Waals surface area contributed by atoms with Crippen molar-refractivity contribution in [2.75, 3.05) is 0 Å². The van der Waals surface area contributed by atoms with Crippen molar-refractivity contribution in [1.29, 1.82) is 0 Å². The van der Waals surface area contributed by atoms with Crippen molar-refractivity contribution in [3.63, 3.8) is 0 Å². The third-order valence-electron chi connectivity index (χ3n) is 11.1. The molecule has 0 aliphatic heterocycles. The zero-order valence-electron chi connectivity index (χ0n) is 32.4. The largest absolute Gasteiger partial charge is 0.208 e. The smallest absolute Gasteiger partial charge is 0.164 e. The molecular weight excluding hydrogens is 767 g/mol. The normalized spacial score (nSPS) is 11.3. The van der Waals surface area contributed by atoms with Crippen LogP contribution in [0, 0.1) is 0 Å². The number of hydrogen-bond donors (Lipinski definition) is 0. The average molecular weight is 802 g/mol. The minimum absolute atomic E-state index is 0.632. The van der Waals surface area contributed by atoms with E-state index in [-0.39, 0.29) is 0 Å². The maximum Gasteiger partial charge on any atom is 0.164 e. The molecule has 0 fully saturated rings. The quantitative estimate of drug-likeness (QED) is 0.154. The summed E-state index contributed by atoms with van der Waals surface area (Å²) in [5.74, 6) is 1.90. The van der Waals surface area contributed by atoms with Crippen molar-refractivity contribution in [2.24, 2.45) is 0 Å². The fraction of sp³-hybridized carbons (Fsp3) is 0. The average Bonchev–Trinajstić information content (AvgIpc) is 4.00. The van der Waals surface area contributed by atoms with Crippen molar-refractivity contribution in [2.45, 2.75) is 0 Å². The minimum atomic E-state index is 0.632. The number of thiophene rings is 2. The molecule has 11 rings (SSSR count). The van der Waals surface area contributed by atoms with Gasteiger partial charge in [-0.25, -0.2) is 15.0 Å². The number of nitrogens with zero attached hydrogens (tertiary/aromatic N) is 3. The van der Waals surface area contributed by atoms with Crippen LogP contribution in [0.1, 0.15) is 0 Å². The number of hydrogen-bond acceptors (Lipinski definition) is 5. The van der Waals surface area contributed by atoms with Gasteiger partial charge in [0.1, 0.15) is 0 Å². The highest BCUT2D eigenvalue weighted by molar-refractivity contribution is 7.23. The molecule has 3 aromatic heterocycles. The molecule has 0 aliphatic rings. The van der Waals surface area contributed by atoms with Gasteiger partial charge in [0.25, 0.3) is 0 Å². The van der Waals surface area contributed by atoms with E-state index in [9.17, 15) is 0 Å². The molecule has 0 atom stereocenters. The predicted molar refractivity (Wildman–Crippen MR) is 254 cm³/mol. The zero-order chi connectivity index (χ0) is 39.8. The molecule has 5 heteroatoms. The molecule has 0 N–H and O–H groups in total. The molecule has 0 saturated heterocycles. The number of aromatic nitrogens is 3. The maximum atomic E-state index is 5.16. The molecule has 3 nitrogen and oxygen atoms in total. The van der Waals surface area contributed by atoms with Gasteiger partial charge in [0.15, 0.2) is 17.5 Å². The molecule has 11 aromatic rings. The van der Waals surface area contributed by atoms with Crippen LogP contribution in [0.4, 0.5) is 0 Å². The second-order valence-corrected chi connectivity index (χ2v) is 16.7. The highest BCUT2D eigenvalue weighted by Crippen LogP contribution is 2.50. The summed E-state index contributed by atoms with van der Waals surface area (Å²) in [5, 5.41) is 4.78. The number of fused-ring (bicyclic) bond motifs is 2. The summed E-state index contributed by atoms with van der Waals surface area (Å²) in [6.07, 6.45) is 0. The summed E-state index contributed by atoms with van der Waals surface area (Å²) in [4.78, 5) is 16.6. The highest BCUT2D eigenvalue weighted by Gasteiger charge is 2.21. The van der Waals surface area contributed by atoms with Gasteiger partial charge in [-0.05, 0) is 62.5 Å². The molecule has 8 aromatic carbocycles. The number of benzene rings is 8. The van der Waals surface area contributed by atoms with Crippen molar-refractivity contribution in [1.82, 2.24) is 15.0 Å². The Morgan fingerprint density at radius 3 is 1.20 bits per heavy atom. The van der Waals surface area contributed by atoms with Crippen LogP contribution in [0.3, 0.4) is 0 Å². The first-order valence-electron chi connectivity index (χ1n) is 20.0. The van der Waals surface area contributed by atoms with Gasteiger partial charge in [-0.15, -0.1) is 22.7 Å². The van der Waals surface area contributed by atoms with Crippen LogP contribution < -0.4 is 0 Å². The Hall–Kier alpha value is -7.31. The lowest BCUT2D eigenvalue weighted by molar-refractivity contribution is 1.07. The maximum absolute atomic E-state index is 5.16. The molecule has 0 aliphatic carbocycles. The van der Waals surface area contributed by atoms with Crippen LogP contribution in [-0.2, 0) is 0 Å². The van der Waals surface area contributed by atoms with Gasteiger partial charge in [0, 0.05) is 52.9 Å². The van der Waals surface area contributed by atoms with Crippen LogP contribution in [0.5, 0.6) is 0 Å². The van der Waals surface area contributed by atoms with E-state index in [1.807, 2.05) is 34.8 Å². The Kier molecular flexibility index (Phi) is 9.23. The molecule has 3 heterocycles. The molecule has 0 spiro atoms. The Bertz CT molecular complexity index is 3070. The van der Waals surface area contributed by atoms with Crippen LogP contribution in [0.25, 0.3) is 109 Å². The van der Waals surface area contributed by atoms with E-state index in [1.165, 1.54) is 58.4 Å². The first-order chi connectivity index (χ1) is 29.7. The van der Waals surface area contributed by atoms with Gasteiger partial charge in [0.05, 0.1) is 0 Å². The lowest BCUT2D eigenvalue weighted by atomic mass is 9.93. The third-order valence-corrected chi connectivity index (χ3v) is 13.2. The number of rotatable bonds is 8. The van der Waals surface area contributed by atoms with Gasteiger partial charge in [-0.1, -0.05) is 188 Å². The van der Waals surface area contributed by atoms with Gasteiger partial charge >= 0.3 is 0 Å². The van der Waals surface area contributed by atoms with Crippen LogP contribution in [-0.4, -0.2) is 15.0 Å². The topological polar surface area (TPSA) is 38.7 Å². The molecule has 0 bridgehead atoms. The van der Waals surface area contributed by atoms with Crippen molar-refractivity contribution in [3.8, 4) is 89.1 Å². The van der Waals surface area contributed by atoms with E-state index in [0.717, 1.165) is 33.4 Å². The molecule has 282 valence electrons.